The van der Waals surface area contributed by atoms with E-state index in [0.717, 1.165) is 24.1 Å². The first-order chi connectivity index (χ1) is 8.64. The number of hydrogen-bond donors (Lipinski definition) is 1. The van der Waals surface area contributed by atoms with Crippen molar-refractivity contribution in [3.63, 3.8) is 0 Å². The van der Waals surface area contributed by atoms with Crippen molar-refractivity contribution >= 4 is 11.6 Å². The highest BCUT2D eigenvalue weighted by molar-refractivity contribution is 5.97. The second-order valence-corrected chi connectivity index (χ2v) is 4.67. The third-order valence-electron chi connectivity index (χ3n) is 3.19. The predicted molar refractivity (Wildman–Crippen MR) is 68.0 cm³/mol. The number of anilines is 1. The van der Waals surface area contributed by atoms with Crippen molar-refractivity contribution in [3.05, 3.63) is 29.8 Å². The lowest BCUT2D eigenvalue weighted by Gasteiger charge is -2.21. The molecule has 0 aromatic heterocycles. The maximum absolute atomic E-state index is 12.1. The molecule has 1 N–H and O–H groups in total. The molecule has 1 unspecified atom stereocenters. The number of carbonyl (C=O) groups excluding carboxylic acids is 1. The summed E-state index contributed by atoms with van der Waals surface area (Å²) in [7, 11) is 0. The van der Waals surface area contributed by atoms with E-state index in [1.165, 1.54) is 0 Å². The van der Waals surface area contributed by atoms with Crippen molar-refractivity contribution in [1.29, 1.82) is 5.26 Å². The van der Waals surface area contributed by atoms with Gasteiger partial charge in [0.25, 0.3) is 5.91 Å². The molecule has 0 spiro atoms. The molecule has 1 aliphatic rings. The molecule has 4 heteroatoms. The number of nitrogens with one attached hydrogen (secondary N) is 1. The molecule has 1 saturated heterocycles. The van der Waals surface area contributed by atoms with Crippen molar-refractivity contribution < 1.29 is 9.53 Å². The third kappa shape index (κ3) is 2.69. The molecule has 1 aromatic carbocycles. The molecule has 0 saturated carbocycles. The van der Waals surface area contributed by atoms with E-state index in [0.29, 0.717) is 13.0 Å². The Balaban J connectivity index is 2.01. The van der Waals surface area contributed by atoms with E-state index in [4.69, 9.17) is 10.00 Å². The van der Waals surface area contributed by atoms with E-state index in [1.807, 2.05) is 31.2 Å². The monoisotopic (exact) mass is 244 g/mol. The number of rotatable bonds is 3. The van der Waals surface area contributed by atoms with Gasteiger partial charge in [0, 0.05) is 12.3 Å². The quantitative estimate of drug-likeness (QED) is 0.887. The molecule has 18 heavy (non-hydrogen) atoms. The molecule has 1 aromatic rings. The zero-order valence-corrected chi connectivity index (χ0v) is 10.4. The largest absolute Gasteiger partial charge is 0.365 e. The van der Waals surface area contributed by atoms with E-state index in [-0.39, 0.29) is 5.91 Å². The minimum absolute atomic E-state index is 0.104. The topological polar surface area (TPSA) is 62.1 Å². The average molecular weight is 244 g/mol. The van der Waals surface area contributed by atoms with E-state index in [1.54, 1.807) is 0 Å². The van der Waals surface area contributed by atoms with Crippen LogP contribution >= 0.6 is 0 Å². The van der Waals surface area contributed by atoms with Crippen molar-refractivity contribution in [2.45, 2.75) is 31.8 Å². The number of nitrogens with zero attached hydrogens (tertiary/aromatic N) is 1. The second-order valence-electron chi connectivity index (χ2n) is 4.67. The SMILES string of the molecule is CC1(C(=O)Nc2ccc(CC#N)cc2)CCCO1. The molecule has 1 aliphatic heterocycles. The van der Waals surface area contributed by atoms with Crippen LogP contribution in [0.25, 0.3) is 0 Å². The molecular weight excluding hydrogens is 228 g/mol. The number of nitriles is 1. The zero-order valence-electron chi connectivity index (χ0n) is 10.4. The Bertz CT molecular complexity index is 468. The van der Waals surface area contributed by atoms with E-state index in [2.05, 4.69) is 11.4 Å². The molecular formula is C14H16N2O2. The van der Waals surface area contributed by atoms with Gasteiger partial charge in [-0.05, 0) is 37.5 Å². The second kappa shape index (κ2) is 5.19. The van der Waals surface area contributed by atoms with Gasteiger partial charge in [-0.15, -0.1) is 0 Å². The predicted octanol–water partition coefficient (Wildman–Crippen LogP) is 2.26. The van der Waals surface area contributed by atoms with Gasteiger partial charge >= 0.3 is 0 Å². The van der Waals surface area contributed by atoms with Gasteiger partial charge in [0.2, 0.25) is 0 Å². The normalized spacial score (nSPS) is 22.4. The Hall–Kier alpha value is -1.86. The van der Waals surface area contributed by atoms with Gasteiger partial charge < -0.3 is 10.1 Å². The average Bonchev–Trinajstić information content (AvgIpc) is 2.80. The van der Waals surface area contributed by atoms with Crippen LogP contribution in [0.4, 0.5) is 5.69 Å². The van der Waals surface area contributed by atoms with Gasteiger partial charge in [-0.25, -0.2) is 0 Å². The summed E-state index contributed by atoms with van der Waals surface area (Å²) >= 11 is 0. The molecule has 4 nitrogen and oxygen atoms in total. The first-order valence-corrected chi connectivity index (χ1v) is 6.05. The maximum Gasteiger partial charge on any atom is 0.256 e. The molecule has 1 atom stereocenters. The zero-order chi connectivity index (χ0) is 13.0. The summed E-state index contributed by atoms with van der Waals surface area (Å²) in [6.07, 6.45) is 2.06. The van der Waals surface area contributed by atoms with Crippen LogP contribution in [-0.2, 0) is 16.0 Å². The van der Waals surface area contributed by atoms with Crippen LogP contribution in [0, 0.1) is 11.3 Å². The fourth-order valence-electron chi connectivity index (χ4n) is 2.02. The van der Waals surface area contributed by atoms with Gasteiger partial charge in [-0.3, -0.25) is 4.79 Å². The highest BCUT2D eigenvalue weighted by atomic mass is 16.5. The van der Waals surface area contributed by atoms with Crippen molar-refractivity contribution in [2.75, 3.05) is 11.9 Å². The van der Waals surface area contributed by atoms with Crippen molar-refractivity contribution in [2.24, 2.45) is 0 Å². The summed E-state index contributed by atoms with van der Waals surface area (Å²) in [4.78, 5) is 12.1. The molecule has 0 aliphatic carbocycles. The third-order valence-corrected chi connectivity index (χ3v) is 3.19. The standard InChI is InChI=1S/C14H16N2O2/c1-14(8-2-10-18-14)13(17)16-12-5-3-11(4-6-12)7-9-15/h3-6H,2,7-8,10H2,1H3,(H,16,17). The van der Waals surface area contributed by atoms with E-state index < -0.39 is 5.60 Å². The van der Waals surface area contributed by atoms with Gasteiger partial charge in [0.15, 0.2) is 0 Å². The summed E-state index contributed by atoms with van der Waals surface area (Å²) in [6.45, 7) is 2.46. The summed E-state index contributed by atoms with van der Waals surface area (Å²) in [5.41, 5.74) is 0.975. The van der Waals surface area contributed by atoms with Gasteiger partial charge in [0.05, 0.1) is 12.5 Å². The number of carbonyl (C=O) groups is 1. The van der Waals surface area contributed by atoms with Crippen LogP contribution in [0.3, 0.4) is 0 Å². The number of ether oxygens (including phenoxy) is 1. The summed E-state index contributed by atoms with van der Waals surface area (Å²) in [5, 5.41) is 11.4. The smallest absolute Gasteiger partial charge is 0.256 e. The minimum Gasteiger partial charge on any atom is -0.365 e. The van der Waals surface area contributed by atoms with Crippen molar-refractivity contribution in [3.8, 4) is 6.07 Å². The van der Waals surface area contributed by atoms with Gasteiger partial charge in [-0.2, -0.15) is 5.26 Å². The maximum atomic E-state index is 12.1. The molecule has 1 amide bonds. The number of hydrogen-bond acceptors (Lipinski definition) is 3. The first kappa shape index (κ1) is 12.6. The Morgan fingerprint density at radius 1 is 1.50 bits per heavy atom. The van der Waals surface area contributed by atoms with Crippen LogP contribution in [0.5, 0.6) is 0 Å². The summed E-state index contributed by atoms with van der Waals surface area (Å²) in [5.74, 6) is -0.104. The molecule has 1 fully saturated rings. The lowest BCUT2D eigenvalue weighted by Crippen LogP contribution is -2.39. The molecule has 2 rings (SSSR count). The van der Waals surface area contributed by atoms with Crippen LogP contribution in [0.2, 0.25) is 0 Å². The summed E-state index contributed by atoms with van der Waals surface area (Å²) < 4.78 is 5.48. The lowest BCUT2D eigenvalue weighted by atomic mass is 10.0. The molecule has 0 bridgehead atoms. The molecule has 1 heterocycles. The number of amides is 1. The Kier molecular flexibility index (Phi) is 3.63. The number of benzene rings is 1. The fourth-order valence-corrected chi connectivity index (χ4v) is 2.02. The Morgan fingerprint density at radius 3 is 2.78 bits per heavy atom. The lowest BCUT2D eigenvalue weighted by molar-refractivity contribution is -0.133. The highest BCUT2D eigenvalue weighted by Gasteiger charge is 2.37. The van der Waals surface area contributed by atoms with Crippen molar-refractivity contribution in [1.82, 2.24) is 0 Å². The highest BCUT2D eigenvalue weighted by Crippen LogP contribution is 2.26. The van der Waals surface area contributed by atoms with Gasteiger partial charge in [0.1, 0.15) is 5.60 Å². The van der Waals surface area contributed by atoms with Crippen LogP contribution in [-0.4, -0.2) is 18.1 Å². The Labute approximate surface area is 107 Å². The van der Waals surface area contributed by atoms with Crippen LogP contribution in [0.15, 0.2) is 24.3 Å². The minimum atomic E-state index is -0.703. The Morgan fingerprint density at radius 2 is 2.22 bits per heavy atom. The first-order valence-electron chi connectivity index (χ1n) is 6.05. The van der Waals surface area contributed by atoms with Gasteiger partial charge in [-0.1, -0.05) is 12.1 Å². The fraction of sp³-hybridized carbons (Fsp3) is 0.429. The van der Waals surface area contributed by atoms with Crippen LogP contribution in [0.1, 0.15) is 25.3 Å². The van der Waals surface area contributed by atoms with Crippen LogP contribution < -0.4 is 5.32 Å². The van der Waals surface area contributed by atoms with E-state index in [9.17, 15) is 4.79 Å². The van der Waals surface area contributed by atoms with E-state index >= 15 is 0 Å². The molecule has 0 radical (unpaired) electrons. The summed E-state index contributed by atoms with van der Waals surface area (Å²) in [6, 6.07) is 9.39. The molecule has 94 valence electrons.